The highest BCUT2D eigenvalue weighted by molar-refractivity contribution is 5.91. The number of aromatic nitrogens is 1. The second-order valence-electron chi connectivity index (χ2n) is 6.31. The van der Waals surface area contributed by atoms with Gasteiger partial charge in [-0.15, -0.1) is 0 Å². The van der Waals surface area contributed by atoms with Crippen LogP contribution < -0.4 is 0 Å². The van der Waals surface area contributed by atoms with Crippen LogP contribution in [0.3, 0.4) is 0 Å². The van der Waals surface area contributed by atoms with Crippen LogP contribution in [0.2, 0.25) is 0 Å². The first kappa shape index (κ1) is 19.7. The van der Waals surface area contributed by atoms with E-state index < -0.39 is 12.1 Å². The molecule has 1 amide bonds. The minimum Gasteiger partial charge on any atom is -0.451 e. The van der Waals surface area contributed by atoms with Gasteiger partial charge in [0.25, 0.3) is 5.91 Å². The fraction of sp³-hybridized carbons (Fsp3) is 0.400. The van der Waals surface area contributed by atoms with Crippen LogP contribution in [0.5, 0.6) is 0 Å². The number of hydrogen-bond donors (Lipinski definition) is 2. The number of esters is 1. The first-order chi connectivity index (χ1) is 12.3. The van der Waals surface area contributed by atoms with E-state index in [4.69, 9.17) is 4.74 Å². The Morgan fingerprint density at radius 3 is 2.42 bits per heavy atom. The molecule has 6 heteroatoms. The average molecular weight is 358 g/mol. The Labute approximate surface area is 153 Å². The predicted molar refractivity (Wildman–Crippen MR) is 98.7 cm³/mol. The Morgan fingerprint density at radius 1 is 1.23 bits per heavy atom. The number of aromatic amines is 1. The number of amides is 1. The van der Waals surface area contributed by atoms with Crippen LogP contribution in [0, 0.1) is 13.8 Å². The third-order valence-electron chi connectivity index (χ3n) is 4.39. The molecule has 0 fully saturated rings. The first-order valence-corrected chi connectivity index (χ1v) is 8.71. The molecule has 1 heterocycles. The lowest BCUT2D eigenvalue weighted by Crippen LogP contribution is -2.34. The van der Waals surface area contributed by atoms with Gasteiger partial charge in [-0.05, 0) is 38.8 Å². The van der Waals surface area contributed by atoms with Gasteiger partial charge in [0, 0.05) is 24.3 Å². The van der Waals surface area contributed by atoms with Crippen molar-refractivity contribution in [2.75, 3.05) is 13.2 Å². The summed E-state index contributed by atoms with van der Waals surface area (Å²) in [4.78, 5) is 29.3. The number of aliphatic hydroxyl groups is 1. The van der Waals surface area contributed by atoms with Crippen LogP contribution in [0.15, 0.2) is 30.3 Å². The number of likely N-dealkylation sites (N-methyl/N-ethyl adjacent to an activating group) is 1. The van der Waals surface area contributed by atoms with Crippen molar-refractivity contribution in [1.29, 1.82) is 0 Å². The molecule has 0 bridgehead atoms. The molecule has 26 heavy (non-hydrogen) atoms. The van der Waals surface area contributed by atoms with Crippen LogP contribution in [0.25, 0.3) is 0 Å². The van der Waals surface area contributed by atoms with Crippen LogP contribution in [-0.4, -0.2) is 40.0 Å². The average Bonchev–Trinajstić information content (AvgIpc) is 2.92. The highest BCUT2D eigenvalue weighted by atomic mass is 16.5. The van der Waals surface area contributed by atoms with E-state index in [0.717, 1.165) is 11.3 Å². The van der Waals surface area contributed by atoms with Crippen molar-refractivity contribution in [3.05, 3.63) is 58.4 Å². The molecule has 0 saturated heterocycles. The van der Waals surface area contributed by atoms with Crippen LogP contribution in [-0.2, 0) is 16.1 Å². The first-order valence-electron chi connectivity index (χ1n) is 8.71. The summed E-state index contributed by atoms with van der Waals surface area (Å²) in [5.41, 5.74) is 3.34. The molecule has 1 aromatic heterocycles. The largest absolute Gasteiger partial charge is 0.451 e. The summed E-state index contributed by atoms with van der Waals surface area (Å²) in [6.45, 7) is 7.74. The zero-order chi connectivity index (χ0) is 19.3. The molecule has 0 aliphatic rings. The van der Waals surface area contributed by atoms with Crippen LogP contribution in [0.4, 0.5) is 0 Å². The maximum atomic E-state index is 12.4. The maximum absolute atomic E-state index is 12.4. The number of ether oxygens (including phenoxy) is 1. The predicted octanol–water partition coefficient (Wildman–Crippen LogP) is 2.89. The zero-order valence-corrected chi connectivity index (χ0v) is 15.7. The number of nitrogens with zero attached hydrogens (tertiary/aromatic N) is 1. The summed E-state index contributed by atoms with van der Waals surface area (Å²) in [5.74, 6) is -0.844. The number of aryl methyl sites for hydroxylation is 1. The highest BCUT2D eigenvalue weighted by Crippen LogP contribution is 2.24. The van der Waals surface area contributed by atoms with Gasteiger partial charge in [0.2, 0.25) is 0 Å². The third kappa shape index (κ3) is 4.52. The van der Waals surface area contributed by atoms with E-state index in [1.54, 1.807) is 25.7 Å². The molecule has 0 aliphatic carbocycles. The van der Waals surface area contributed by atoms with Gasteiger partial charge in [-0.2, -0.15) is 0 Å². The molecule has 0 unspecified atom stereocenters. The molecule has 1 atom stereocenters. The molecule has 2 rings (SSSR count). The normalized spacial score (nSPS) is 11.9. The van der Waals surface area contributed by atoms with Gasteiger partial charge in [0.05, 0.1) is 6.10 Å². The number of carbonyl (C=O) groups is 2. The number of rotatable bonds is 7. The van der Waals surface area contributed by atoms with E-state index in [-0.39, 0.29) is 18.2 Å². The molecule has 0 spiro atoms. The van der Waals surface area contributed by atoms with Crippen molar-refractivity contribution in [2.24, 2.45) is 0 Å². The molecule has 0 saturated carbocycles. The summed E-state index contributed by atoms with van der Waals surface area (Å²) in [5, 5.41) is 9.81. The molecule has 0 radical (unpaired) electrons. The lowest BCUT2D eigenvalue weighted by molar-refractivity contribution is -0.134. The number of H-pyrrole nitrogens is 1. The van der Waals surface area contributed by atoms with E-state index in [9.17, 15) is 14.7 Å². The minimum absolute atomic E-state index is 0.249. The Bertz CT molecular complexity index is 766. The Hall–Kier alpha value is -2.60. The second kappa shape index (κ2) is 8.67. The summed E-state index contributed by atoms with van der Waals surface area (Å²) < 4.78 is 5.20. The fourth-order valence-electron chi connectivity index (χ4n) is 3.07. The highest BCUT2D eigenvalue weighted by Gasteiger charge is 2.22. The van der Waals surface area contributed by atoms with Gasteiger partial charge >= 0.3 is 5.97 Å². The fourth-order valence-corrected chi connectivity index (χ4v) is 3.07. The van der Waals surface area contributed by atoms with Gasteiger partial charge in [-0.1, -0.05) is 30.3 Å². The van der Waals surface area contributed by atoms with Gasteiger partial charge in [0.15, 0.2) is 6.61 Å². The van der Waals surface area contributed by atoms with Gasteiger partial charge in [-0.3, -0.25) is 4.79 Å². The van der Waals surface area contributed by atoms with Gasteiger partial charge < -0.3 is 19.7 Å². The zero-order valence-electron chi connectivity index (χ0n) is 15.7. The number of aliphatic hydroxyl groups excluding tert-OH is 1. The second-order valence-corrected chi connectivity index (χ2v) is 6.31. The number of carbonyl (C=O) groups excluding carboxylic acids is 2. The SMILES string of the molecule is CCN(Cc1ccccc1)C(=O)COC(=O)c1[nH]c(C)c([C@@H](C)O)c1C. The molecule has 1 aromatic carbocycles. The van der Waals surface area contributed by atoms with Crippen LogP contribution >= 0.6 is 0 Å². The van der Waals surface area contributed by atoms with Crippen molar-refractivity contribution < 1.29 is 19.4 Å². The Balaban J connectivity index is 2.00. The number of nitrogens with one attached hydrogen (secondary N) is 1. The lowest BCUT2D eigenvalue weighted by atomic mass is 10.1. The van der Waals surface area contributed by atoms with E-state index in [1.165, 1.54) is 0 Å². The number of hydrogen-bond acceptors (Lipinski definition) is 4. The van der Waals surface area contributed by atoms with Crippen molar-refractivity contribution in [1.82, 2.24) is 9.88 Å². The maximum Gasteiger partial charge on any atom is 0.355 e. The van der Waals surface area contributed by atoms with Gasteiger partial charge in [0.1, 0.15) is 5.69 Å². The van der Waals surface area contributed by atoms with E-state index in [1.807, 2.05) is 37.3 Å². The molecule has 6 nitrogen and oxygen atoms in total. The molecule has 2 aromatic rings. The Morgan fingerprint density at radius 2 is 1.88 bits per heavy atom. The quantitative estimate of drug-likeness (QED) is 0.746. The minimum atomic E-state index is -0.684. The summed E-state index contributed by atoms with van der Waals surface area (Å²) >= 11 is 0. The van der Waals surface area contributed by atoms with E-state index in [2.05, 4.69) is 4.98 Å². The molecule has 140 valence electrons. The van der Waals surface area contributed by atoms with Gasteiger partial charge in [-0.25, -0.2) is 4.79 Å². The molecule has 0 aliphatic heterocycles. The molecule has 2 N–H and O–H groups in total. The van der Waals surface area contributed by atoms with Crippen molar-refractivity contribution in [3.63, 3.8) is 0 Å². The molecular formula is C20H26N2O4. The van der Waals surface area contributed by atoms with E-state index in [0.29, 0.717) is 24.2 Å². The van der Waals surface area contributed by atoms with E-state index >= 15 is 0 Å². The van der Waals surface area contributed by atoms with Crippen molar-refractivity contribution in [2.45, 2.75) is 40.3 Å². The van der Waals surface area contributed by atoms with Crippen LogP contribution in [0.1, 0.15) is 52.8 Å². The standard InChI is InChI=1S/C20H26N2O4/c1-5-22(11-16-9-7-6-8-10-16)17(24)12-26-20(25)19-13(2)18(15(4)23)14(3)21-19/h6-10,15,21,23H,5,11-12H2,1-4H3/t15-/m1/s1. The Kier molecular flexibility index (Phi) is 6.58. The number of benzene rings is 1. The third-order valence-corrected chi connectivity index (χ3v) is 4.39. The summed E-state index contributed by atoms with van der Waals surface area (Å²) in [6.07, 6.45) is -0.684. The van der Waals surface area contributed by atoms with Crippen molar-refractivity contribution in [3.8, 4) is 0 Å². The lowest BCUT2D eigenvalue weighted by Gasteiger charge is -2.20. The van der Waals surface area contributed by atoms with Crippen molar-refractivity contribution >= 4 is 11.9 Å². The monoisotopic (exact) mass is 358 g/mol. The topological polar surface area (TPSA) is 82.6 Å². The summed E-state index contributed by atoms with van der Waals surface area (Å²) in [6, 6.07) is 9.66. The smallest absolute Gasteiger partial charge is 0.355 e. The molecular weight excluding hydrogens is 332 g/mol. The summed E-state index contributed by atoms with van der Waals surface area (Å²) in [7, 11) is 0.